The van der Waals surface area contributed by atoms with E-state index in [0.717, 1.165) is 30.5 Å². The molecule has 0 bridgehead atoms. The van der Waals surface area contributed by atoms with Gasteiger partial charge in [-0.2, -0.15) is 0 Å². The van der Waals surface area contributed by atoms with Crippen LogP contribution < -0.4 is 11.1 Å². The van der Waals surface area contributed by atoms with E-state index in [-0.39, 0.29) is 12.5 Å². The molecule has 21 heavy (non-hydrogen) atoms. The minimum Gasteiger partial charge on any atom is -0.481 e. The van der Waals surface area contributed by atoms with Gasteiger partial charge in [0, 0.05) is 18.2 Å². The molecule has 1 aromatic rings. The quantitative estimate of drug-likeness (QED) is 0.709. The van der Waals surface area contributed by atoms with Gasteiger partial charge in [-0.15, -0.1) is 0 Å². The molecule has 114 valence electrons. The standard InChI is InChI=1S/C15H21N3O3/c1-9(4-2-7-13(19)20)17-15-11(14(16)21)8-10-5-3-6-12(10)18-15/h8-9H,2-7H2,1H3,(H2,16,21)(H,17,18)(H,19,20). The lowest BCUT2D eigenvalue weighted by Gasteiger charge is -2.17. The van der Waals surface area contributed by atoms with Crippen molar-refractivity contribution in [1.82, 2.24) is 4.98 Å². The number of carbonyl (C=O) groups is 2. The lowest BCUT2D eigenvalue weighted by atomic mass is 10.1. The summed E-state index contributed by atoms with van der Waals surface area (Å²) in [6.07, 6.45) is 4.35. The number of fused-ring (bicyclic) bond motifs is 1. The van der Waals surface area contributed by atoms with Crippen molar-refractivity contribution in [2.24, 2.45) is 5.73 Å². The van der Waals surface area contributed by atoms with E-state index in [2.05, 4.69) is 10.3 Å². The number of aromatic nitrogens is 1. The second kappa shape index (κ2) is 6.56. The molecule has 0 aliphatic heterocycles. The molecule has 1 aromatic heterocycles. The summed E-state index contributed by atoms with van der Waals surface area (Å²) in [6, 6.07) is 1.87. The Labute approximate surface area is 123 Å². The number of carboxylic acids is 1. The summed E-state index contributed by atoms with van der Waals surface area (Å²) in [5.74, 6) is -0.765. The first-order chi connectivity index (χ1) is 9.97. The SMILES string of the molecule is CC(CCCC(=O)O)Nc1nc2c(cc1C(N)=O)CCC2. The molecule has 1 aliphatic carbocycles. The van der Waals surface area contributed by atoms with Crippen LogP contribution in [-0.2, 0) is 17.6 Å². The minimum atomic E-state index is -0.796. The summed E-state index contributed by atoms with van der Waals surface area (Å²) in [5, 5.41) is 11.8. The third-order valence-corrected chi connectivity index (χ3v) is 3.73. The van der Waals surface area contributed by atoms with E-state index in [1.807, 2.05) is 13.0 Å². The number of anilines is 1. The average Bonchev–Trinajstić information content (AvgIpc) is 2.84. The van der Waals surface area contributed by atoms with Gasteiger partial charge in [-0.1, -0.05) is 0 Å². The Bertz CT molecular complexity index is 557. The van der Waals surface area contributed by atoms with Crippen molar-refractivity contribution in [2.75, 3.05) is 5.32 Å². The topological polar surface area (TPSA) is 105 Å². The van der Waals surface area contributed by atoms with Crippen molar-refractivity contribution in [3.63, 3.8) is 0 Å². The second-order valence-electron chi connectivity index (χ2n) is 5.54. The number of aryl methyl sites for hydroxylation is 2. The molecule has 2 rings (SSSR count). The van der Waals surface area contributed by atoms with Gasteiger partial charge in [0.25, 0.3) is 5.91 Å². The molecular formula is C15H21N3O3. The number of nitrogens with one attached hydrogen (secondary N) is 1. The van der Waals surface area contributed by atoms with E-state index in [9.17, 15) is 9.59 Å². The Morgan fingerprint density at radius 1 is 1.48 bits per heavy atom. The summed E-state index contributed by atoms with van der Waals surface area (Å²) in [5.41, 5.74) is 7.98. The van der Waals surface area contributed by atoms with Crippen LogP contribution in [0, 0.1) is 0 Å². The van der Waals surface area contributed by atoms with Crippen molar-refractivity contribution in [1.29, 1.82) is 0 Å². The average molecular weight is 291 g/mol. The zero-order chi connectivity index (χ0) is 15.4. The number of nitrogens with two attached hydrogens (primary N) is 1. The number of nitrogens with zero attached hydrogens (tertiary/aromatic N) is 1. The number of aliphatic carboxylic acids is 1. The first-order valence-electron chi connectivity index (χ1n) is 7.28. The molecule has 1 atom stereocenters. The summed E-state index contributed by atoms with van der Waals surface area (Å²) < 4.78 is 0. The van der Waals surface area contributed by atoms with E-state index in [1.165, 1.54) is 0 Å². The Kier molecular flexibility index (Phi) is 4.77. The first kappa shape index (κ1) is 15.3. The van der Waals surface area contributed by atoms with Crippen LogP contribution in [0.15, 0.2) is 6.07 Å². The van der Waals surface area contributed by atoms with Gasteiger partial charge in [0.2, 0.25) is 0 Å². The number of hydrogen-bond acceptors (Lipinski definition) is 4. The highest BCUT2D eigenvalue weighted by atomic mass is 16.4. The van der Waals surface area contributed by atoms with Crippen LogP contribution in [0.4, 0.5) is 5.82 Å². The van der Waals surface area contributed by atoms with Gasteiger partial charge in [0.15, 0.2) is 0 Å². The fraction of sp³-hybridized carbons (Fsp3) is 0.533. The molecule has 0 spiro atoms. The van der Waals surface area contributed by atoms with Gasteiger partial charge in [0.1, 0.15) is 5.82 Å². The van der Waals surface area contributed by atoms with E-state index in [0.29, 0.717) is 24.2 Å². The smallest absolute Gasteiger partial charge is 0.303 e. The normalized spacial score (nSPS) is 14.5. The highest BCUT2D eigenvalue weighted by Gasteiger charge is 2.19. The largest absolute Gasteiger partial charge is 0.481 e. The number of pyridine rings is 1. The van der Waals surface area contributed by atoms with Crippen molar-refractivity contribution >= 4 is 17.7 Å². The number of carboxylic acid groups (broad SMARTS) is 1. The fourth-order valence-electron chi connectivity index (χ4n) is 2.63. The van der Waals surface area contributed by atoms with Gasteiger partial charge < -0.3 is 16.2 Å². The van der Waals surface area contributed by atoms with Gasteiger partial charge in [0.05, 0.1) is 5.56 Å². The summed E-state index contributed by atoms with van der Waals surface area (Å²) in [7, 11) is 0. The van der Waals surface area contributed by atoms with Gasteiger partial charge in [-0.05, 0) is 50.7 Å². The number of hydrogen-bond donors (Lipinski definition) is 3. The molecule has 1 amide bonds. The Hall–Kier alpha value is -2.11. The second-order valence-corrected chi connectivity index (χ2v) is 5.54. The monoisotopic (exact) mass is 291 g/mol. The Morgan fingerprint density at radius 2 is 2.24 bits per heavy atom. The molecule has 0 fully saturated rings. The highest BCUT2D eigenvalue weighted by Crippen LogP contribution is 2.25. The lowest BCUT2D eigenvalue weighted by molar-refractivity contribution is -0.137. The van der Waals surface area contributed by atoms with Gasteiger partial charge in [-0.3, -0.25) is 9.59 Å². The summed E-state index contributed by atoms with van der Waals surface area (Å²) in [6.45, 7) is 1.95. The zero-order valence-corrected chi connectivity index (χ0v) is 12.2. The predicted molar refractivity (Wildman–Crippen MR) is 79.4 cm³/mol. The molecule has 0 saturated heterocycles. The third-order valence-electron chi connectivity index (χ3n) is 3.73. The maximum atomic E-state index is 11.6. The van der Waals surface area contributed by atoms with Crippen LogP contribution in [0.3, 0.4) is 0 Å². The molecular weight excluding hydrogens is 270 g/mol. The number of primary amides is 1. The zero-order valence-electron chi connectivity index (χ0n) is 12.2. The number of carbonyl (C=O) groups excluding carboxylic acids is 1. The van der Waals surface area contributed by atoms with Crippen molar-refractivity contribution in [3.05, 3.63) is 22.9 Å². The van der Waals surface area contributed by atoms with Crippen LogP contribution in [0.25, 0.3) is 0 Å². The maximum Gasteiger partial charge on any atom is 0.303 e. The molecule has 1 aliphatic rings. The van der Waals surface area contributed by atoms with Crippen molar-refractivity contribution < 1.29 is 14.7 Å². The van der Waals surface area contributed by atoms with E-state index < -0.39 is 11.9 Å². The first-order valence-corrected chi connectivity index (χ1v) is 7.28. The Balaban J connectivity index is 2.08. The molecule has 4 N–H and O–H groups in total. The number of amides is 1. The molecule has 6 heteroatoms. The molecule has 0 radical (unpaired) electrons. The van der Waals surface area contributed by atoms with Crippen molar-refractivity contribution in [2.45, 2.75) is 51.5 Å². The molecule has 1 heterocycles. The van der Waals surface area contributed by atoms with Gasteiger partial charge in [-0.25, -0.2) is 4.98 Å². The van der Waals surface area contributed by atoms with E-state index in [4.69, 9.17) is 10.8 Å². The van der Waals surface area contributed by atoms with Crippen LogP contribution in [0.2, 0.25) is 0 Å². The predicted octanol–water partition coefficient (Wildman–Crippen LogP) is 1.72. The van der Waals surface area contributed by atoms with Crippen LogP contribution >= 0.6 is 0 Å². The van der Waals surface area contributed by atoms with E-state index >= 15 is 0 Å². The van der Waals surface area contributed by atoms with E-state index in [1.54, 1.807) is 0 Å². The molecule has 6 nitrogen and oxygen atoms in total. The van der Waals surface area contributed by atoms with Crippen LogP contribution in [-0.4, -0.2) is 28.0 Å². The minimum absolute atomic E-state index is 0.0365. The lowest BCUT2D eigenvalue weighted by Crippen LogP contribution is -2.22. The molecule has 0 saturated carbocycles. The van der Waals surface area contributed by atoms with Gasteiger partial charge >= 0.3 is 5.97 Å². The number of rotatable bonds is 7. The van der Waals surface area contributed by atoms with Crippen LogP contribution in [0.1, 0.15) is 54.2 Å². The summed E-state index contributed by atoms with van der Waals surface area (Å²) >= 11 is 0. The highest BCUT2D eigenvalue weighted by molar-refractivity contribution is 5.97. The Morgan fingerprint density at radius 3 is 2.90 bits per heavy atom. The third kappa shape index (κ3) is 3.93. The van der Waals surface area contributed by atoms with Crippen LogP contribution in [0.5, 0.6) is 0 Å². The molecule has 1 unspecified atom stereocenters. The molecule has 0 aromatic carbocycles. The summed E-state index contributed by atoms with van der Waals surface area (Å²) in [4.78, 5) is 26.6. The maximum absolute atomic E-state index is 11.6. The fourth-order valence-corrected chi connectivity index (χ4v) is 2.63. The van der Waals surface area contributed by atoms with Crippen molar-refractivity contribution in [3.8, 4) is 0 Å².